The largest absolute Gasteiger partial charge is 0.369 e. The van der Waals surface area contributed by atoms with Gasteiger partial charge in [-0.05, 0) is 34.5 Å². The molecule has 3 aromatic rings. The van der Waals surface area contributed by atoms with Gasteiger partial charge in [0.25, 0.3) is 5.91 Å². The number of nitrogens with zero attached hydrogens (tertiary/aromatic N) is 1. The Kier molecular flexibility index (Phi) is 6.18. The lowest BCUT2D eigenvalue weighted by molar-refractivity contribution is -0.121. The summed E-state index contributed by atoms with van der Waals surface area (Å²) in [6.45, 7) is 1.89. The summed E-state index contributed by atoms with van der Waals surface area (Å²) >= 11 is 0. The quantitative estimate of drug-likeness (QED) is 0.554. The van der Waals surface area contributed by atoms with Crippen molar-refractivity contribution in [1.29, 1.82) is 0 Å². The molecular formula is C25H28N4O2. The second-order valence-electron chi connectivity index (χ2n) is 7.95. The van der Waals surface area contributed by atoms with E-state index in [-0.39, 0.29) is 18.2 Å². The minimum Gasteiger partial charge on any atom is -0.369 e. The van der Waals surface area contributed by atoms with Crippen LogP contribution >= 0.6 is 0 Å². The van der Waals surface area contributed by atoms with E-state index in [0.717, 1.165) is 35.1 Å². The standard InChI is InChI=1S/C25H28N4O2/c1-26-24(30)14-23(22-12-6-8-17-7-3-4-11-21(17)22)28-25(31)18-9-5-10-19(13-18)29(2)20-15-27-16-20/h3-13,20,23,27H,14-16H2,1-2H3,(H,26,30)(H,28,31). The van der Waals surface area contributed by atoms with Crippen molar-refractivity contribution in [3.63, 3.8) is 0 Å². The van der Waals surface area contributed by atoms with E-state index >= 15 is 0 Å². The number of carbonyl (C=O) groups is 2. The van der Waals surface area contributed by atoms with E-state index in [1.165, 1.54) is 0 Å². The van der Waals surface area contributed by atoms with Gasteiger partial charge in [0, 0.05) is 38.4 Å². The zero-order chi connectivity index (χ0) is 21.8. The molecule has 1 unspecified atom stereocenters. The molecule has 1 heterocycles. The zero-order valence-corrected chi connectivity index (χ0v) is 17.9. The Morgan fingerprint density at radius 2 is 1.81 bits per heavy atom. The summed E-state index contributed by atoms with van der Waals surface area (Å²) in [5.41, 5.74) is 2.52. The maximum Gasteiger partial charge on any atom is 0.251 e. The van der Waals surface area contributed by atoms with Gasteiger partial charge in [0.05, 0.1) is 18.5 Å². The van der Waals surface area contributed by atoms with Crippen molar-refractivity contribution in [1.82, 2.24) is 16.0 Å². The molecule has 0 bridgehead atoms. The van der Waals surface area contributed by atoms with Gasteiger partial charge in [-0.3, -0.25) is 9.59 Å². The van der Waals surface area contributed by atoms with Crippen molar-refractivity contribution in [2.75, 3.05) is 32.1 Å². The highest BCUT2D eigenvalue weighted by atomic mass is 16.2. The van der Waals surface area contributed by atoms with Crippen LogP contribution in [0.3, 0.4) is 0 Å². The van der Waals surface area contributed by atoms with E-state index in [4.69, 9.17) is 0 Å². The molecular weight excluding hydrogens is 388 g/mol. The molecule has 0 spiro atoms. The highest BCUT2D eigenvalue weighted by Gasteiger charge is 2.24. The molecule has 6 heteroatoms. The molecule has 1 fully saturated rings. The average Bonchev–Trinajstić information content (AvgIpc) is 2.77. The van der Waals surface area contributed by atoms with Crippen LogP contribution in [-0.4, -0.2) is 45.0 Å². The van der Waals surface area contributed by atoms with Crippen LogP contribution in [0, 0.1) is 0 Å². The number of carbonyl (C=O) groups excluding carboxylic acids is 2. The van der Waals surface area contributed by atoms with Gasteiger partial charge in [-0.2, -0.15) is 0 Å². The van der Waals surface area contributed by atoms with Gasteiger partial charge in [-0.15, -0.1) is 0 Å². The monoisotopic (exact) mass is 416 g/mol. The molecule has 3 aromatic carbocycles. The smallest absolute Gasteiger partial charge is 0.251 e. The predicted octanol–water partition coefficient (Wildman–Crippen LogP) is 2.86. The van der Waals surface area contributed by atoms with Gasteiger partial charge in [0.15, 0.2) is 0 Å². The Morgan fingerprint density at radius 3 is 2.55 bits per heavy atom. The van der Waals surface area contributed by atoms with E-state index in [1.807, 2.05) is 73.8 Å². The zero-order valence-electron chi connectivity index (χ0n) is 17.9. The molecule has 0 radical (unpaired) electrons. The summed E-state index contributed by atoms with van der Waals surface area (Å²) in [6, 6.07) is 21.6. The van der Waals surface area contributed by atoms with E-state index in [1.54, 1.807) is 7.05 Å². The lowest BCUT2D eigenvalue weighted by atomic mass is 9.96. The first kappa shape index (κ1) is 20.9. The summed E-state index contributed by atoms with van der Waals surface area (Å²) in [7, 11) is 3.66. The molecule has 1 atom stereocenters. The maximum atomic E-state index is 13.2. The predicted molar refractivity (Wildman–Crippen MR) is 124 cm³/mol. The molecule has 0 aliphatic carbocycles. The average molecular weight is 417 g/mol. The lowest BCUT2D eigenvalue weighted by Crippen LogP contribution is -2.56. The second-order valence-corrected chi connectivity index (χ2v) is 7.95. The Balaban J connectivity index is 1.61. The molecule has 3 N–H and O–H groups in total. The third-order valence-corrected chi connectivity index (χ3v) is 6.00. The van der Waals surface area contributed by atoms with E-state index < -0.39 is 6.04 Å². The molecule has 6 nitrogen and oxygen atoms in total. The highest BCUT2D eigenvalue weighted by molar-refractivity contribution is 5.96. The Bertz CT molecular complexity index is 1090. The Labute approximate surface area is 182 Å². The van der Waals surface area contributed by atoms with Gasteiger partial charge < -0.3 is 20.9 Å². The number of fused-ring (bicyclic) bond motifs is 1. The second kappa shape index (κ2) is 9.18. The maximum absolute atomic E-state index is 13.2. The summed E-state index contributed by atoms with van der Waals surface area (Å²) < 4.78 is 0. The first-order chi connectivity index (χ1) is 15.1. The van der Waals surface area contributed by atoms with Crippen LogP contribution in [0.15, 0.2) is 66.7 Å². The topological polar surface area (TPSA) is 73.5 Å². The fourth-order valence-corrected chi connectivity index (χ4v) is 3.95. The fourth-order valence-electron chi connectivity index (χ4n) is 3.95. The number of rotatable bonds is 7. The molecule has 4 rings (SSSR count). The van der Waals surface area contributed by atoms with Crippen LogP contribution in [0.2, 0.25) is 0 Å². The van der Waals surface area contributed by atoms with Gasteiger partial charge in [-0.1, -0.05) is 48.5 Å². The van der Waals surface area contributed by atoms with Crippen LogP contribution in [-0.2, 0) is 4.79 Å². The van der Waals surface area contributed by atoms with E-state index in [0.29, 0.717) is 11.6 Å². The van der Waals surface area contributed by atoms with Crippen LogP contribution in [0.5, 0.6) is 0 Å². The van der Waals surface area contributed by atoms with E-state index in [2.05, 4.69) is 20.9 Å². The molecule has 1 aliphatic rings. The SMILES string of the molecule is CNC(=O)CC(NC(=O)c1cccc(N(C)C2CNC2)c1)c1cccc2ccccc12. The van der Waals surface area contributed by atoms with Gasteiger partial charge >= 0.3 is 0 Å². The number of benzene rings is 3. The normalized spacial score (nSPS) is 14.5. The first-order valence-corrected chi connectivity index (χ1v) is 10.6. The van der Waals surface area contributed by atoms with Crippen LogP contribution in [0.1, 0.15) is 28.4 Å². The van der Waals surface area contributed by atoms with Crippen LogP contribution in [0.4, 0.5) is 5.69 Å². The van der Waals surface area contributed by atoms with Crippen molar-refractivity contribution in [3.8, 4) is 0 Å². The first-order valence-electron chi connectivity index (χ1n) is 10.6. The lowest BCUT2D eigenvalue weighted by Gasteiger charge is -2.37. The number of hydrogen-bond donors (Lipinski definition) is 3. The Morgan fingerprint density at radius 1 is 1.06 bits per heavy atom. The van der Waals surface area contributed by atoms with Crippen molar-refractivity contribution in [2.45, 2.75) is 18.5 Å². The molecule has 1 aliphatic heterocycles. The van der Waals surface area contributed by atoms with Crippen molar-refractivity contribution in [2.24, 2.45) is 0 Å². The number of likely N-dealkylation sites (N-methyl/N-ethyl adjacent to an activating group) is 1. The molecule has 2 amide bonds. The number of amides is 2. The van der Waals surface area contributed by atoms with Gasteiger partial charge in [-0.25, -0.2) is 0 Å². The van der Waals surface area contributed by atoms with Gasteiger partial charge in [0.1, 0.15) is 0 Å². The van der Waals surface area contributed by atoms with Crippen molar-refractivity contribution in [3.05, 3.63) is 77.9 Å². The van der Waals surface area contributed by atoms with Crippen LogP contribution in [0.25, 0.3) is 10.8 Å². The molecule has 1 saturated heterocycles. The van der Waals surface area contributed by atoms with Crippen molar-refractivity contribution < 1.29 is 9.59 Å². The number of hydrogen-bond acceptors (Lipinski definition) is 4. The third-order valence-electron chi connectivity index (χ3n) is 6.00. The van der Waals surface area contributed by atoms with Crippen LogP contribution < -0.4 is 20.9 Å². The molecule has 0 saturated carbocycles. The molecule has 0 aromatic heterocycles. The summed E-state index contributed by atoms with van der Waals surface area (Å²) in [4.78, 5) is 27.6. The fraction of sp³-hybridized carbons (Fsp3) is 0.280. The minimum atomic E-state index is -0.434. The minimum absolute atomic E-state index is 0.121. The highest BCUT2D eigenvalue weighted by Crippen LogP contribution is 2.27. The van der Waals surface area contributed by atoms with Gasteiger partial charge in [0.2, 0.25) is 5.91 Å². The van der Waals surface area contributed by atoms with Crippen molar-refractivity contribution >= 4 is 28.3 Å². The summed E-state index contributed by atoms with van der Waals surface area (Å²) in [5, 5.41) is 11.2. The number of anilines is 1. The third kappa shape index (κ3) is 4.54. The summed E-state index contributed by atoms with van der Waals surface area (Å²) in [6.07, 6.45) is 0.170. The molecule has 160 valence electrons. The Hall–Kier alpha value is -3.38. The number of nitrogens with one attached hydrogen (secondary N) is 3. The molecule has 31 heavy (non-hydrogen) atoms. The summed E-state index contributed by atoms with van der Waals surface area (Å²) in [5.74, 6) is -0.312. The van der Waals surface area contributed by atoms with E-state index in [9.17, 15) is 9.59 Å².